The number of nitrogens with one attached hydrogen (secondary N) is 1. The maximum atomic E-state index is 5.82. The van der Waals surface area contributed by atoms with Gasteiger partial charge in [0.2, 0.25) is 0 Å². The molecule has 116 valence electrons. The summed E-state index contributed by atoms with van der Waals surface area (Å²) in [7, 11) is -0.619. The Morgan fingerprint density at radius 3 is 1.42 bits per heavy atom. The van der Waals surface area contributed by atoms with Gasteiger partial charge in [0.15, 0.2) is 19.5 Å². The van der Waals surface area contributed by atoms with Crippen molar-refractivity contribution in [2.24, 2.45) is 0 Å². The fraction of sp³-hybridized carbons (Fsp3) is 1.00. The van der Waals surface area contributed by atoms with Crippen molar-refractivity contribution in [3.63, 3.8) is 0 Å². The molecule has 0 bridgehead atoms. The van der Waals surface area contributed by atoms with Crippen LogP contribution in [0.5, 0.6) is 0 Å². The molecule has 19 heavy (non-hydrogen) atoms. The molecule has 0 radical (unpaired) electrons. The number of hydrogen-bond donors (Lipinski definition) is 1. The quantitative estimate of drug-likeness (QED) is 0.495. The molecule has 0 spiro atoms. The van der Waals surface area contributed by atoms with Crippen LogP contribution < -0.4 is 5.32 Å². The summed E-state index contributed by atoms with van der Waals surface area (Å²) in [6, 6.07) is 2.57. The van der Waals surface area contributed by atoms with Crippen LogP contribution in [0, 0.1) is 0 Å². The molecule has 1 N–H and O–H groups in total. The van der Waals surface area contributed by atoms with Crippen LogP contribution in [0.2, 0.25) is 12.1 Å². The molecule has 0 aliphatic carbocycles. The molecule has 3 nitrogen and oxygen atoms in total. The normalized spacial score (nSPS) is 14.2. The fourth-order valence-corrected chi connectivity index (χ4v) is 4.01. The lowest BCUT2D eigenvalue weighted by atomic mass is 10.2. The molecule has 0 rings (SSSR count). The van der Waals surface area contributed by atoms with Crippen LogP contribution in [0.1, 0.15) is 54.4 Å². The molecule has 0 fully saturated rings. The van der Waals surface area contributed by atoms with Gasteiger partial charge >= 0.3 is 0 Å². The van der Waals surface area contributed by atoms with Gasteiger partial charge in [0.25, 0.3) is 0 Å². The van der Waals surface area contributed by atoms with E-state index in [9.17, 15) is 0 Å². The maximum absolute atomic E-state index is 5.82. The number of rotatable bonds is 10. The van der Waals surface area contributed by atoms with Crippen LogP contribution in [-0.2, 0) is 8.85 Å². The van der Waals surface area contributed by atoms with Gasteiger partial charge in [-0.25, -0.2) is 0 Å². The van der Waals surface area contributed by atoms with Crippen molar-refractivity contribution >= 4 is 19.5 Å². The van der Waals surface area contributed by atoms with Gasteiger partial charge in [-0.2, -0.15) is 0 Å². The third-order valence-corrected chi connectivity index (χ3v) is 6.28. The molecular weight excluding hydrogens is 270 g/mol. The van der Waals surface area contributed by atoms with Crippen molar-refractivity contribution in [1.82, 2.24) is 5.32 Å². The van der Waals surface area contributed by atoms with E-state index in [0.717, 1.165) is 13.1 Å². The van der Waals surface area contributed by atoms with E-state index in [-0.39, 0.29) is 30.7 Å². The molecule has 0 atom stereocenters. The van der Waals surface area contributed by atoms with Gasteiger partial charge in [0, 0.05) is 11.2 Å². The Balaban J connectivity index is 3.12. The van der Waals surface area contributed by atoms with Gasteiger partial charge in [-0.05, 0) is 79.6 Å². The topological polar surface area (TPSA) is 30.5 Å². The third-order valence-electron chi connectivity index (χ3n) is 2.57. The highest BCUT2D eigenvalue weighted by atomic mass is 28.2. The Morgan fingerprint density at radius 1 is 0.737 bits per heavy atom. The highest BCUT2D eigenvalue weighted by Crippen LogP contribution is 2.07. The van der Waals surface area contributed by atoms with E-state index in [2.05, 4.69) is 46.9 Å². The molecule has 0 aromatic rings. The molecule has 5 heteroatoms. The lowest BCUT2D eigenvalue weighted by Crippen LogP contribution is -2.23. The minimum atomic E-state index is -0.309. The van der Waals surface area contributed by atoms with Gasteiger partial charge in [-0.15, -0.1) is 0 Å². The fourth-order valence-electron chi connectivity index (χ4n) is 1.59. The lowest BCUT2D eigenvalue weighted by Gasteiger charge is -2.20. The molecule has 0 aromatic heterocycles. The van der Waals surface area contributed by atoms with E-state index in [1.54, 1.807) is 0 Å². The molecule has 0 saturated heterocycles. The van der Waals surface area contributed by atoms with Crippen molar-refractivity contribution in [2.75, 3.05) is 13.1 Å². The average molecular weight is 306 g/mol. The van der Waals surface area contributed by atoms with Crippen molar-refractivity contribution in [3.05, 3.63) is 0 Å². The minimum Gasteiger partial charge on any atom is -0.419 e. The first-order valence-corrected chi connectivity index (χ1v) is 10.8. The van der Waals surface area contributed by atoms with Crippen LogP contribution in [0.4, 0.5) is 0 Å². The first-order valence-electron chi connectivity index (χ1n) is 7.69. The van der Waals surface area contributed by atoms with Crippen LogP contribution in [0.15, 0.2) is 0 Å². The Labute approximate surface area is 125 Å². The van der Waals surface area contributed by atoms with Crippen molar-refractivity contribution in [1.29, 1.82) is 0 Å². The summed E-state index contributed by atoms with van der Waals surface area (Å²) in [5, 5.41) is 3.51. The van der Waals surface area contributed by atoms with Gasteiger partial charge in [-0.1, -0.05) is 0 Å². The molecule has 0 heterocycles. The van der Waals surface area contributed by atoms with Gasteiger partial charge in [0.05, 0.1) is 0 Å². The van der Waals surface area contributed by atoms with E-state index in [0.29, 0.717) is 0 Å². The largest absolute Gasteiger partial charge is 0.419 e. The van der Waals surface area contributed by atoms with E-state index in [4.69, 9.17) is 8.85 Å². The summed E-state index contributed by atoms with van der Waals surface area (Å²) >= 11 is 0. The van der Waals surface area contributed by atoms with Gasteiger partial charge in [-0.3, -0.25) is 0 Å². The summed E-state index contributed by atoms with van der Waals surface area (Å²) in [6.45, 7) is 15.1. The minimum absolute atomic E-state index is 0.0668. The summed E-state index contributed by atoms with van der Waals surface area (Å²) in [5.74, 6) is 0. The average Bonchev–Trinajstić information content (AvgIpc) is 2.22. The summed E-state index contributed by atoms with van der Waals surface area (Å²) in [4.78, 5) is 0. The Hall–Kier alpha value is 0.314. The number of hydrogen-bond acceptors (Lipinski definition) is 3. The molecule has 0 unspecified atom stereocenters. The highest BCUT2D eigenvalue weighted by molar-refractivity contribution is 6.27. The zero-order valence-corrected chi connectivity index (χ0v) is 16.8. The van der Waals surface area contributed by atoms with Crippen molar-refractivity contribution < 1.29 is 8.85 Å². The standard InChI is InChI=1S/C14H35NO2Si2/c1-13(2,3)16-18-11-7-9-15-10-8-12-19-17-14(4,5)6/h15H,7-12,18-19H2,1-6H3. The zero-order chi connectivity index (χ0) is 14.8. The molecular formula is C14H35NO2Si2. The Kier molecular flexibility index (Phi) is 10.3. The maximum Gasteiger partial charge on any atom is 0.162 e. The predicted octanol–water partition coefficient (Wildman–Crippen LogP) is 1.99. The SMILES string of the molecule is CC(C)(C)O[SiH2]CCCNCCC[SiH2]OC(C)(C)C. The Morgan fingerprint density at radius 2 is 1.11 bits per heavy atom. The predicted molar refractivity (Wildman–Crippen MR) is 90.5 cm³/mol. The van der Waals surface area contributed by atoms with E-state index >= 15 is 0 Å². The van der Waals surface area contributed by atoms with Crippen LogP contribution in [-0.4, -0.2) is 43.8 Å². The smallest absolute Gasteiger partial charge is 0.162 e. The zero-order valence-electron chi connectivity index (χ0n) is 14.0. The lowest BCUT2D eigenvalue weighted by molar-refractivity contribution is 0.137. The first-order chi connectivity index (χ1) is 8.71. The molecule has 0 aliphatic rings. The van der Waals surface area contributed by atoms with Crippen LogP contribution in [0.3, 0.4) is 0 Å². The molecule has 0 aliphatic heterocycles. The molecule has 0 amide bonds. The summed E-state index contributed by atoms with van der Waals surface area (Å²) < 4.78 is 11.6. The first kappa shape index (κ1) is 19.3. The van der Waals surface area contributed by atoms with Crippen molar-refractivity contribution in [2.45, 2.75) is 77.7 Å². The molecule has 0 saturated carbocycles. The third kappa shape index (κ3) is 18.3. The van der Waals surface area contributed by atoms with Crippen LogP contribution in [0.25, 0.3) is 0 Å². The summed E-state index contributed by atoms with van der Waals surface area (Å²) in [5.41, 5.74) is 0.134. The van der Waals surface area contributed by atoms with E-state index in [1.165, 1.54) is 24.9 Å². The highest BCUT2D eigenvalue weighted by Gasteiger charge is 2.09. The Bertz CT molecular complexity index is 190. The van der Waals surface area contributed by atoms with Crippen molar-refractivity contribution in [3.8, 4) is 0 Å². The van der Waals surface area contributed by atoms with Crippen LogP contribution >= 0.6 is 0 Å². The van der Waals surface area contributed by atoms with E-state index in [1.807, 2.05) is 0 Å². The monoisotopic (exact) mass is 305 g/mol. The summed E-state index contributed by atoms with van der Waals surface area (Å²) in [6.07, 6.45) is 2.52. The van der Waals surface area contributed by atoms with Gasteiger partial charge in [0.1, 0.15) is 0 Å². The second kappa shape index (κ2) is 10.1. The van der Waals surface area contributed by atoms with E-state index < -0.39 is 0 Å². The van der Waals surface area contributed by atoms with Gasteiger partial charge < -0.3 is 14.2 Å². The second-order valence-electron chi connectivity index (χ2n) is 7.09. The second-order valence-corrected chi connectivity index (χ2v) is 9.89. The molecule has 0 aromatic carbocycles.